The zero-order valence-corrected chi connectivity index (χ0v) is 13.3. The minimum absolute atomic E-state index is 0.0371. The van der Waals surface area contributed by atoms with E-state index >= 15 is 0 Å². The highest BCUT2D eigenvalue weighted by molar-refractivity contribution is 9.10. The van der Waals surface area contributed by atoms with Gasteiger partial charge in [0.15, 0.2) is 0 Å². The predicted octanol–water partition coefficient (Wildman–Crippen LogP) is 2.49. The summed E-state index contributed by atoms with van der Waals surface area (Å²) in [5, 5.41) is 12.6. The molecule has 1 aromatic carbocycles. The van der Waals surface area contributed by atoms with Crippen LogP contribution >= 0.6 is 15.9 Å². The zero-order chi connectivity index (χ0) is 14.8. The molecular formula is C15H20BrNO3. The highest BCUT2D eigenvalue weighted by Crippen LogP contribution is 2.40. The highest BCUT2D eigenvalue weighted by atomic mass is 79.9. The Balaban J connectivity index is 1.71. The van der Waals surface area contributed by atoms with Gasteiger partial charge in [0.05, 0.1) is 19.1 Å². The molecule has 110 valence electrons. The van der Waals surface area contributed by atoms with E-state index in [0.717, 1.165) is 10.2 Å². The van der Waals surface area contributed by atoms with Gasteiger partial charge >= 0.3 is 0 Å². The van der Waals surface area contributed by atoms with Gasteiger partial charge < -0.3 is 15.2 Å². The van der Waals surface area contributed by atoms with Crippen LogP contribution in [0.25, 0.3) is 0 Å². The summed E-state index contributed by atoms with van der Waals surface area (Å²) in [5.41, 5.74) is -0.235. The Kier molecular flexibility index (Phi) is 4.70. The van der Waals surface area contributed by atoms with Crippen molar-refractivity contribution < 1.29 is 14.6 Å². The maximum absolute atomic E-state index is 11.8. The monoisotopic (exact) mass is 341 g/mol. The van der Waals surface area contributed by atoms with E-state index in [1.165, 1.54) is 0 Å². The number of nitrogens with one attached hydrogen (secondary N) is 1. The highest BCUT2D eigenvalue weighted by Gasteiger charge is 2.47. The average Bonchev–Trinajstić information content (AvgIpc) is 2.38. The minimum atomic E-state index is -0.328. The molecule has 20 heavy (non-hydrogen) atoms. The molecule has 1 aliphatic rings. The topological polar surface area (TPSA) is 58.6 Å². The average molecular weight is 342 g/mol. The molecule has 0 spiro atoms. The lowest BCUT2D eigenvalue weighted by molar-refractivity contribution is -0.129. The number of aliphatic hydroxyl groups is 1. The van der Waals surface area contributed by atoms with Gasteiger partial charge in [-0.3, -0.25) is 4.79 Å². The Morgan fingerprint density at radius 2 is 2.30 bits per heavy atom. The molecule has 2 unspecified atom stereocenters. The number of ether oxygens (including phenoxy) is 1. The zero-order valence-electron chi connectivity index (χ0n) is 11.7. The fourth-order valence-corrected chi connectivity index (χ4v) is 2.61. The Labute approximate surface area is 127 Å². The van der Waals surface area contributed by atoms with Crippen LogP contribution in [-0.2, 0) is 4.79 Å². The molecule has 1 aliphatic carbocycles. The number of carbonyl (C=O) groups is 1. The predicted molar refractivity (Wildman–Crippen MR) is 80.6 cm³/mol. The van der Waals surface area contributed by atoms with Crippen LogP contribution in [0.1, 0.15) is 26.7 Å². The number of halogens is 1. The van der Waals surface area contributed by atoms with Crippen molar-refractivity contribution in [2.24, 2.45) is 5.41 Å². The summed E-state index contributed by atoms with van der Waals surface area (Å²) in [5.74, 6) is 0.705. The smallest absolute Gasteiger partial charge is 0.223 e. The van der Waals surface area contributed by atoms with Gasteiger partial charge in [-0.15, -0.1) is 0 Å². The molecule has 1 fully saturated rings. The van der Waals surface area contributed by atoms with Gasteiger partial charge in [0.1, 0.15) is 5.75 Å². The molecule has 4 nitrogen and oxygen atoms in total. The van der Waals surface area contributed by atoms with Crippen LogP contribution in [0.2, 0.25) is 0 Å². The van der Waals surface area contributed by atoms with Crippen LogP contribution in [-0.4, -0.2) is 29.8 Å². The van der Waals surface area contributed by atoms with Crippen molar-refractivity contribution in [3.63, 3.8) is 0 Å². The maximum atomic E-state index is 11.8. The molecule has 5 heteroatoms. The van der Waals surface area contributed by atoms with Crippen LogP contribution in [0.3, 0.4) is 0 Å². The summed E-state index contributed by atoms with van der Waals surface area (Å²) in [4.78, 5) is 11.8. The summed E-state index contributed by atoms with van der Waals surface area (Å²) in [6, 6.07) is 7.58. The first kappa shape index (κ1) is 15.3. The fraction of sp³-hybridized carbons (Fsp3) is 0.533. The van der Waals surface area contributed by atoms with Crippen molar-refractivity contribution in [2.75, 3.05) is 6.61 Å². The van der Waals surface area contributed by atoms with Crippen molar-refractivity contribution in [1.82, 2.24) is 5.32 Å². The Hall–Kier alpha value is -1.07. The molecule has 0 saturated heterocycles. The number of aliphatic hydroxyl groups excluding tert-OH is 1. The van der Waals surface area contributed by atoms with E-state index in [9.17, 15) is 9.90 Å². The van der Waals surface area contributed by atoms with E-state index < -0.39 is 0 Å². The molecule has 0 bridgehead atoms. The maximum Gasteiger partial charge on any atom is 0.223 e. The van der Waals surface area contributed by atoms with Crippen molar-refractivity contribution in [1.29, 1.82) is 0 Å². The van der Waals surface area contributed by atoms with E-state index in [1.807, 2.05) is 38.1 Å². The quantitative estimate of drug-likeness (QED) is 0.864. The Morgan fingerprint density at radius 1 is 1.55 bits per heavy atom. The molecular weight excluding hydrogens is 322 g/mol. The second-order valence-corrected chi connectivity index (χ2v) is 6.66. The molecule has 2 rings (SSSR count). The van der Waals surface area contributed by atoms with Crippen molar-refractivity contribution >= 4 is 21.8 Å². The van der Waals surface area contributed by atoms with E-state index in [2.05, 4.69) is 21.2 Å². The van der Waals surface area contributed by atoms with Gasteiger partial charge in [0.25, 0.3) is 0 Å². The second kappa shape index (κ2) is 6.14. The number of carbonyl (C=O) groups excluding carboxylic acids is 1. The first-order chi connectivity index (χ1) is 9.39. The van der Waals surface area contributed by atoms with Crippen LogP contribution in [0.4, 0.5) is 0 Å². The summed E-state index contributed by atoms with van der Waals surface area (Å²) < 4.78 is 6.47. The first-order valence-corrected chi connectivity index (χ1v) is 7.54. The number of hydrogen-bond acceptors (Lipinski definition) is 3. The van der Waals surface area contributed by atoms with Crippen LogP contribution in [0, 0.1) is 5.41 Å². The minimum Gasteiger partial charge on any atom is -0.493 e. The molecule has 1 aromatic rings. The first-order valence-electron chi connectivity index (χ1n) is 6.75. The molecule has 0 radical (unpaired) electrons. The molecule has 1 amide bonds. The van der Waals surface area contributed by atoms with E-state index in [-0.39, 0.29) is 23.5 Å². The normalized spacial score (nSPS) is 23.8. The van der Waals surface area contributed by atoms with E-state index in [0.29, 0.717) is 19.4 Å². The van der Waals surface area contributed by atoms with E-state index in [4.69, 9.17) is 4.74 Å². The van der Waals surface area contributed by atoms with Gasteiger partial charge in [0.2, 0.25) is 5.91 Å². The molecule has 0 heterocycles. The molecule has 2 atom stereocenters. The summed E-state index contributed by atoms with van der Waals surface area (Å²) >= 11 is 3.37. The third kappa shape index (κ3) is 3.52. The lowest BCUT2D eigenvalue weighted by Crippen LogP contribution is -2.61. The Bertz CT molecular complexity index is 490. The lowest BCUT2D eigenvalue weighted by atomic mass is 9.64. The standard InChI is InChI=1S/C15H20BrNO3/c1-15(2)12(9-13(15)18)17-14(19)6-7-20-11-5-3-4-10(16)8-11/h3-5,8,12-13,18H,6-7,9H2,1-2H3,(H,17,19). The van der Waals surface area contributed by atoms with Crippen molar-refractivity contribution in [3.05, 3.63) is 28.7 Å². The number of amides is 1. The molecule has 1 saturated carbocycles. The summed E-state index contributed by atoms with van der Waals surface area (Å²) in [7, 11) is 0. The van der Waals surface area contributed by atoms with Crippen molar-refractivity contribution in [2.45, 2.75) is 38.8 Å². The summed E-state index contributed by atoms with van der Waals surface area (Å²) in [6.45, 7) is 4.27. The largest absolute Gasteiger partial charge is 0.493 e. The van der Waals surface area contributed by atoms with Gasteiger partial charge in [-0.1, -0.05) is 35.8 Å². The van der Waals surface area contributed by atoms with Crippen LogP contribution in [0.5, 0.6) is 5.75 Å². The molecule has 2 N–H and O–H groups in total. The summed E-state index contributed by atoms with van der Waals surface area (Å²) in [6.07, 6.45) is 0.617. The van der Waals surface area contributed by atoms with Crippen molar-refractivity contribution in [3.8, 4) is 5.75 Å². The second-order valence-electron chi connectivity index (χ2n) is 5.75. The lowest BCUT2D eigenvalue weighted by Gasteiger charge is -2.49. The van der Waals surface area contributed by atoms with E-state index in [1.54, 1.807) is 0 Å². The van der Waals surface area contributed by atoms with Crippen LogP contribution < -0.4 is 10.1 Å². The Morgan fingerprint density at radius 3 is 2.90 bits per heavy atom. The molecule has 0 aromatic heterocycles. The van der Waals surface area contributed by atoms with Gasteiger partial charge in [-0.2, -0.15) is 0 Å². The van der Waals surface area contributed by atoms with Gasteiger partial charge in [-0.25, -0.2) is 0 Å². The number of benzene rings is 1. The number of hydrogen-bond donors (Lipinski definition) is 2. The van der Waals surface area contributed by atoms with Crippen LogP contribution in [0.15, 0.2) is 28.7 Å². The molecule has 0 aliphatic heterocycles. The third-order valence-corrected chi connectivity index (χ3v) is 4.44. The SMILES string of the molecule is CC1(C)C(O)CC1NC(=O)CCOc1cccc(Br)c1. The van der Waals surface area contributed by atoms with Gasteiger partial charge in [-0.05, 0) is 24.6 Å². The fourth-order valence-electron chi connectivity index (χ4n) is 2.23. The number of rotatable bonds is 5. The van der Waals surface area contributed by atoms with Gasteiger partial charge in [0, 0.05) is 15.9 Å². The third-order valence-electron chi connectivity index (χ3n) is 3.95.